The van der Waals surface area contributed by atoms with Gasteiger partial charge in [0.05, 0.1) is 4.92 Å². The Morgan fingerprint density at radius 1 is 1.32 bits per heavy atom. The van der Waals surface area contributed by atoms with E-state index in [0.29, 0.717) is 20.8 Å². The van der Waals surface area contributed by atoms with Crippen molar-refractivity contribution in [2.24, 2.45) is 5.14 Å². The molecule has 0 amide bonds. The van der Waals surface area contributed by atoms with Gasteiger partial charge in [-0.05, 0) is 28.1 Å². The standard InChI is InChI=1S/C10H6BrN5O4S2/c11-8-7(5-1-3-6(4-2-5)16(17)18)13-9-15(8)14-10(21-9)22(12,19)20/h1-4H,(H2,12,19,20). The molecule has 12 heteroatoms. The third-order valence-corrected chi connectivity index (χ3v) is 5.66. The number of nitrogens with two attached hydrogens (primary N) is 1. The Morgan fingerprint density at radius 2 is 1.95 bits per heavy atom. The van der Waals surface area contributed by atoms with E-state index in [-0.39, 0.29) is 10.0 Å². The van der Waals surface area contributed by atoms with Gasteiger partial charge >= 0.3 is 0 Å². The molecule has 2 heterocycles. The molecule has 0 fully saturated rings. The first-order chi connectivity index (χ1) is 10.3. The number of nitrogens with zero attached hydrogens (tertiary/aromatic N) is 4. The molecule has 0 saturated heterocycles. The molecule has 0 atom stereocenters. The quantitative estimate of drug-likeness (QED) is 0.523. The maximum Gasteiger partial charge on any atom is 0.269 e. The average Bonchev–Trinajstić information content (AvgIpc) is 2.99. The number of halogens is 1. The number of rotatable bonds is 3. The Hall–Kier alpha value is -1.89. The first kappa shape index (κ1) is 15.0. The molecule has 0 unspecified atom stereocenters. The molecule has 0 aliphatic heterocycles. The van der Waals surface area contributed by atoms with Crippen molar-refractivity contribution in [3.8, 4) is 11.3 Å². The minimum atomic E-state index is -3.89. The maximum atomic E-state index is 11.3. The minimum absolute atomic E-state index is 0.0319. The van der Waals surface area contributed by atoms with E-state index in [4.69, 9.17) is 5.14 Å². The molecule has 2 N–H and O–H groups in total. The fraction of sp³-hybridized carbons (Fsp3) is 0. The number of hydrogen-bond donors (Lipinski definition) is 1. The van der Waals surface area contributed by atoms with E-state index >= 15 is 0 Å². The van der Waals surface area contributed by atoms with Gasteiger partial charge in [-0.25, -0.2) is 18.5 Å². The SMILES string of the molecule is NS(=O)(=O)c1nn2c(Br)c(-c3ccc([N+](=O)[O-])cc3)nc2s1. The molecule has 0 aliphatic rings. The van der Waals surface area contributed by atoms with Crippen molar-refractivity contribution in [3.05, 3.63) is 39.0 Å². The highest BCUT2D eigenvalue weighted by atomic mass is 79.9. The molecule has 0 radical (unpaired) electrons. The van der Waals surface area contributed by atoms with Crippen LogP contribution >= 0.6 is 27.3 Å². The van der Waals surface area contributed by atoms with Gasteiger partial charge in [0.25, 0.3) is 15.7 Å². The summed E-state index contributed by atoms with van der Waals surface area (Å²) in [6, 6.07) is 5.82. The van der Waals surface area contributed by atoms with Crippen LogP contribution in [0.25, 0.3) is 16.2 Å². The van der Waals surface area contributed by atoms with Crippen LogP contribution in [0.3, 0.4) is 0 Å². The zero-order valence-corrected chi connectivity index (χ0v) is 13.7. The van der Waals surface area contributed by atoms with Crippen LogP contribution in [0.5, 0.6) is 0 Å². The number of fused-ring (bicyclic) bond motifs is 1. The van der Waals surface area contributed by atoms with Crippen LogP contribution in [0.4, 0.5) is 5.69 Å². The predicted octanol–water partition coefficient (Wildman–Crippen LogP) is 1.78. The van der Waals surface area contributed by atoms with Crippen LogP contribution < -0.4 is 5.14 Å². The Bertz CT molecular complexity index is 992. The second kappa shape index (κ2) is 5.08. The number of non-ortho nitro benzene ring substituents is 1. The highest BCUT2D eigenvalue weighted by Crippen LogP contribution is 2.32. The summed E-state index contributed by atoms with van der Waals surface area (Å²) in [5.41, 5.74) is 1.09. The van der Waals surface area contributed by atoms with E-state index in [0.717, 1.165) is 11.3 Å². The summed E-state index contributed by atoms with van der Waals surface area (Å²) in [4.78, 5) is 14.8. The van der Waals surface area contributed by atoms with Gasteiger partial charge in [0.1, 0.15) is 10.3 Å². The van der Waals surface area contributed by atoms with Crippen LogP contribution in [0.2, 0.25) is 0 Å². The molecule has 0 aliphatic carbocycles. The third kappa shape index (κ3) is 2.49. The topological polar surface area (TPSA) is 133 Å². The highest BCUT2D eigenvalue weighted by Gasteiger charge is 2.21. The zero-order chi connectivity index (χ0) is 16.1. The van der Waals surface area contributed by atoms with Crippen LogP contribution in [0.15, 0.2) is 33.2 Å². The van der Waals surface area contributed by atoms with Gasteiger partial charge in [-0.2, -0.15) is 4.52 Å². The smallest absolute Gasteiger partial charge is 0.258 e. The number of sulfonamides is 1. The maximum absolute atomic E-state index is 11.3. The molecule has 0 bridgehead atoms. The lowest BCUT2D eigenvalue weighted by molar-refractivity contribution is -0.384. The molecule has 0 saturated carbocycles. The first-order valence-corrected chi connectivity index (χ1v) is 8.75. The van der Waals surface area contributed by atoms with Crippen LogP contribution in [-0.2, 0) is 10.0 Å². The van der Waals surface area contributed by atoms with Crippen LogP contribution in [0, 0.1) is 10.1 Å². The van der Waals surface area contributed by atoms with E-state index in [9.17, 15) is 18.5 Å². The third-order valence-electron chi connectivity index (χ3n) is 2.73. The molecule has 9 nitrogen and oxygen atoms in total. The van der Waals surface area contributed by atoms with Gasteiger partial charge in [0.2, 0.25) is 9.30 Å². The molecule has 3 rings (SSSR count). The molecule has 2 aromatic heterocycles. The monoisotopic (exact) mass is 403 g/mol. The van der Waals surface area contributed by atoms with Crippen molar-refractivity contribution in [2.45, 2.75) is 4.34 Å². The highest BCUT2D eigenvalue weighted by molar-refractivity contribution is 9.10. The number of primary sulfonamides is 1. The lowest BCUT2D eigenvalue weighted by Crippen LogP contribution is -2.12. The van der Waals surface area contributed by atoms with Crippen molar-refractivity contribution in [1.29, 1.82) is 0 Å². The molecule has 0 spiro atoms. The second-order valence-corrected chi connectivity index (χ2v) is 7.60. The average molecular weight is 404 g/mol. The van der Waals surface area contributed by atoms with Gasteiger partial charge in [-0.1, -0.05) is 11.3 Å². The Balaban J connectivity index is 2.10. The number of aromatic nitrogens is 3. The summed E-state index contributed by atoms with van der Waals surface area (Å²) in [7, 11) is -3.89. The van der Waals surface area contributed by atoms with Gasteiger partial charge < -0.3 is 0 Å². The van der Waals surface area contributed by atoms with E-state index < -0.39 is 14.9 Å². The lowest BCUT2D eigenvalue weighted by Gasteiger charge is -1.97. The summed E-state index contributed by atoms with van der Waals surface area (Å²) in [5.74, 6) is 0. The van der Waals surface area contributed by atoms with Crippen molar-refractivity contribution >= 4 is 47.9 Å². The number of hydrogen-bond acceptors (Lipinski definition) is 7. The summed E-state index contributed by atoms with van der Waals surface area (Å²) in [6.07, 6.45) is 0. The van der Waals surface area contributed by atoms with E-state index in [1.807, 2.05) is 0 Å². The predicted molar refractivity (Wildman–Crippen MR) is 82.0 cm³/mol. The number of nitro groups is 1. The molecule has 3 aromatic rings. The number of imidazole rings is 1. The van der Waals surface area contributed by atoms with Gasteiger partial charge in [-0.3, -0.25) is 10.1 Å². The minimum Gasteiger partial charge on any atom is -0.258 e. The largest absolute Gasteiger partial charge is 0.269 e. The summed E-state index contributed by atoms with van der Waals surface area (Å²) >= 11 is 4.12. The van der Waals surface area contributed by atoms with Gasteiger partial charge in [-0.15, -0.1) is 5.10 Å². The first-order valence-electron chi connectivity index (χ1n) is 5.60. The van der Waals surface area contributed by atoms with Crippen molar-refractivity contribution in [3.63, 3.8) is 0 Å². The van der Waals surface area contributed by atoms with E-state index in [1.54, 1.807) is 12.1 Å². The van der Waals surface area contributed by atoms with Crippen LogP contribution in [0.1, 0.15) is 0 Å². The summed E-state index contributed by atoms with van der Waals surface area (Å²) in [5, 5.41) is 19.6. The number of benzene rings is 1. The van der Waals surface area contributed by atoms with Crippen molar-refractivity contribution in [2.75, 3.05) is 0 Å². The van der Waals surface area contributed by atoms with E-state index in [1.165, 1.54) is 16.6 Å². The van der Waals surface area contributed by atoms with Crippen molar-refractivity contribution in [1.82, 2.24) is 14.6 Å². The number of nitro benzene ring substituents is 1. The second-order valence-electron chi connectivity index (χ2n) is 4.16. The molecule has 114 valence electrons. The van der Waals surface area contributed by atoms with Gasteiger partial charge in [0, 0.05) is 17.7 Å². The fourth-order valence-electron chi connectivity index (χ4n) is 1.75. The lowest BCUT2D eigenvalue weighted by atomic mass is 10.1. The zero-order valence-electron chi connectivity index (χ0n) is 10.5. The summed E-state index contributed by atoms with van der Waals surface area (Å²) in [6.45, 7) is 0. The molecular weight excluding hydrogens is 398 g/mol. The Labute approximate surface area is 135 Å². The Morgan fingerprint density at radius 3 is 2.45 bits per heavy atom. The van der Waals surface area contributed by atoms with Crippen LogP contribution in [-0.4, -0.2) is 27.9 Å². The Kier molecular flexibility index (Phi) is 3.47. The molecule has 1 aromatic carbocycles. The normalized spacial score (nSPS) is 11.9. The molecular formula is C10H6BrN5O4S2. The van der Waals surface area contributed by atoms with E-state index in [2.05, 4.69) is 26.0 Å². The fourth-order valence-corrected chi connectivity index (χ4v) is 3.95. The molecule has 22 heavy (non-hydrogen) atoms. The van der Waals surface area contributed by atoms with Gasteiger partial charge in [0.15, 0.2) is 0 Å². The summed E-state index contributed by atoms with van der Waals surface area (Å²) < 4.78 is 24.0. The van der Waals surface area contributed by atoms with Crippen molar-refractivity contribution < 1.29 is 13.3 Å².